The molecule has 17 nitrogen and oxygen atoms in total. The molecule has 1 aliphatic heterocycles. The smallest absolute Gasteiger partial charge is 0.326 e. The van der Waals surface area contributed by atoms with E-state index in [-0.39, 0.29) is 38.1 Å². The van der Waals surface area contributed by atoms with Gasteiger partial charge in [-0.25, -0.2) is 4.79 Å². The van der Waals surface area contributed by atoms with Crippen molar-refractivity contribution >= 4 is 58.2 Å². The molecule has 4 rings (SSSR count). The van der Waals surface area contributed by atoms with Crippen LogP contribution in [-0.4, -0.2) is 105 Å². The number of hydrogen-bond acceptors (Lipinski definition) is 8. The quantitative estimate of drug-likeness (QED) is 0.0772. The third-order valence-electron chi connectivity index (χ3n) is 10.7. The summed E-state index contributed by atoms with van der Waals surface area (Å²) in [6.45, 7) is 8.59. The van der Waals surface area contributed by atoms with E-state index in [9.17, 15) is 43.5 Å². The molecule has 2 heterocycles. The number of nitrogens with two attached hydrogens (primary N) is 1. The fourth-order valence-corrected chi connectivity index (χ4v) is 7.39. The lowest BCUT2D eigenvalue weighted by Gasteiger charge is -2.31. The summed E-state index contributed by atoms with van der Waals surface area (Å²) < 4.78 is 0. The van der Waals surface area contributed by atoms with E-state index in [4.69, 9.17) is 5.73 Å². The SMILES string of the molecule is CC[C@H](C)[C@H](NC(=O)[C@@H]1CCCN1C(=O)[C@H](CC(N)=O)NC(=O)[C@H](CC(C)C)NC(=O)[C@H](Cc1ccccc1)NC(C)=O)C(=O)N[C@@H](Cc1c[nH]c2ccccc12)C(=O)O. The highest BCUT2D eigenvalue weighted by Gasteiger charge is 2.41. The number of para-hydroxylation sites is 1. The number of H-pyrrole nitrogens is 1. The number of hydrogen-bond donors (Lipinski definition) is 8. The first-order chi connectivity index (χ1) is 28.5. The Hall–Kier alpha value is -6.26. The van der Waals surface area contributed by atoms with Crippen LogP contribution in [0.3, 0.4) is 0 Å². The second-order valence-corrected chi connectivity index (χ2v) is 15.9. The molecule has 1 saturated heterocycles. The molecule has 0 aliphatic carbocycles. The molecule has 2 aromatic carbocycles. The van der Waals surface area contributed by atoms with Crippen molar-refractivity contribution in [3.63, 3.8) is 0 Å². The van der Waals surface area contributed by atoms with Crippen molar-refractivity contribution in [2.75, 3.05) is 6.54 Å². The Balaban J connectivity index is 1.48. The molecule has 0 unspecified atom stereocenters. The third-order valence-corrected chi connectivity index (χ3v) is 10.7. The van der Waals surface area contributed by atoms with Gasteiger partial charge in [0.1, 0.15) is 36.3 Å². The van der Waals surface area contributed by atoms with E-state index in [0.717, 1.165) is 16.5 Å². The summed E-state index contributed by atoms with van der Waals surface area (Å²) in [6, 6.07) is 9.12. The van der Waals surface area contributed by atoms with Crippen molar-refractivity contribution < 1.29 is 43.5 Å². The maximum atomic E-state index is 14.1. The minimum atomic E-state index is -1.50. The molecule has 0 saturated carbocycles. The second-order valence-electron chi connectivity index (χ2n) is 15.9. The van der Waals surface area contributed by atoms with Crippen molar-refractivity contribution in [1.82, 2.24) is 36.5 Å². The van der Waals surface area contributed by atoms with Crippen molar-refractivity contribution in [2.24, 2.45) is 17.6 Å². The normalized spacial score (nSPS) is 16.8. The first kappa shape index (κ1) is 46.4. The van der Waals surface area contributed by atoms with Crippen LogP contribution in [0.25, 0.3) is 10.9 Å². The number of carboxylic acid groups (broad SMARTS) is 1. The van der Waals surface area contributed by atoms with E-state index in [2.05, 4.69) is 31.6 Å². The summed E-state index contributed by atoms with van der Waals surface area (Å²) in [7, 11) is 0. The number of aromatic amines is 1. The minimum Gasteiger partial charge on any atom is -0.480 e. The molecule has 1 fully saturated rings. The van der Waals surface area contributed by atoms with Crippen LogP contribution in [0.1, 0.15) is 77.8 Å². The molecule has 0 radical (unpaired) electrons. The molecule has 7 atom stereocenters. The third kappa shape index (κ3) is 12.9. The number of aliphatic carboxylic acids is 1. The monoisotopic (exact) mass is 830 g/mol. The van der Waals surface area contributed by atoms with Gasteiger partial charge < -0.3 is 47.3 Å². The number of fused-ring (bicyclic) bond motifs is 1. The number of primary amides is 1. The molecule has 60 heavy (non-hydrogen) atoms. The van der Waals surface area contributed by atoms with Crippen LogP contribution in [0.4, 0.5) is 0 Å². The van der Waals surface area contributed by atoms with Crippen LogP contribution < -0.4 is 32.3 Å². The van der Waals surface area contributed by atoms with Crippen LogP contribution in [0, 0.1) is 11.8 Å². The Kier molecular flexibility index (Phi) is 16.8. The highest BCUT2D eigenvalue weighted by Crippen LogP contribution is 2.22. The Labute approximate surface area is 349 Å². The number of carbonyl (C=O) groups excluding carboxylic acids is 7. The molecule has 1 aromatic heterocycles. The molecular weight excluding hydrogens is 773 g/mol. The largest absolute Gasteiger partial charge is 0.480 e. The van der Waals surface area contributed by atoms with E-state index >= 15 is 0 Å². The molecular formula is C43H58N8O9. The lowest BCUT2D eigenvalue weighted by molar-refractivity contribution is -0.144. The number of carbonyl (C=O) groups is 8. The van der Waals surface area contributed by atoms with Gasteiger partial charge in [-0.3, -0.25) is 33.6 Å². The molecule has 7 amide bonds. The zero-order valence-electron chi connectivity index (χ0n) is 34.8. The number of nitrogens with one attached hydrogen (secondary N) is 6. The van der Waals surface area contributed by atoms with Gasteiger partial charge in [-0.2, -0.15) is 0 Å². The van der Waals surface area contributed by atoms with Gasteiger partial charge in [0.25, 0.3) is 0 Å². The zero-order chi connectivity index (χ0) is 44.1. The summed E-state index contributed by atoms with van der Waals surface area (Å²) in [5, 5.41) is 24.2. The van der Waals surface area contributed by atoms with Gasteiger partial charge in [-0.05, 0) is 48.3 Å². The Morgan fingerprint density at radius 2 is 1.43 bits per heavy atom. The number of benzene rings is 2. The van der Waals surface area contributed by atoms with Crippen LogP contribution in [0.5, 0.6) is 0 Å². The molecule has 0 bridgehead atoms. The van der Waals surface area contributed by atoms with Crippen LogP contribution in [-0.2, 0) is 51.2 Å². The van der Waals surface area contributed by atoms with E-state index in [1.54, 1.807) is 37.4 Å². The molecule has 17 heteroatoms. The van der Waals surface area contributed by atoms with Crippen LogP contribution in [0.2, 0.25) is 0 Å². The summed E-state index contributed by atoms with van der Waals surface area (Å²) >= 11 is 0. The van der Waals surface area contributed by atoms with Gasteiger partial charge in [-0.15, -0.1) is 0 Å². The highest BCUT2D eigenvalue weighted by molar-refractivity contribution is 5.98. The van der Waals surface area contributed by atoms with Gasteiger partial charge in [0.15, 0.2) is 0 Å². The van der Waals surface area contributed by atoms with Gasteiger partial charge in [0, 0.05) is 43.4 Å². The van der Waals surface area contributed by atoms with Crippen molar-refractivity contribution in [3.05, 3.63) is 71.9 Å². The predicted molar refractivity (Wildman–Crippen MR) is 223 cm³/mol. The molecule has 3 aromatic rings. The van der Waals surface area contributed by atoms with Crippen molar-refractivity contribution in [3.8, 4) is 0 Å². The summed E-state index contributed by atoms with van der Waals surface area (Å²) in [5.74, 6) is -6.68. The number of amides is 7. The minimum absolute atomic E-state index is 0.0184. The van der Waals surface area contributed by atoms with E-state index in [0.29, 0.717) is 18.4 Å². The van der Waals surface area contributed by atoms with Gasteiger partial charge in [0.2, 0.25) is 41.4 Å². The number of nitrogens with zero attached hydrogens (tertiary/aromatic N) is 1. The van der Waals surface area contributed by atoms with E-state index < -0.39 is 95.9 Å². The Bertz CT molecular complexity index is 2020. The zero-order valence-corrected chi connectivity index (χ0v) is 34.8. The first-order valence-electron chi connectivity index (χ1n) is 20.4. The molecule has 1 aliphatic rings. The topological polar surface area (TPSA) is 262 Å². The van der Waals surface area contributed by atoms with Crippen molar-refractivity contribution in [1.29, 1.82) is 0 Å². The number of rotatable bonds is 21. The standard InChI is InChI=1S/C43H58N8O9/c1-6-25(4)37(41(57)49-34(43(59)60)21-28-23-45-30-16-11-10-15-29(28)30)50-40(56)35-17-12-18-51(35)42(58)33(22-36(44)53)48-38(54)31(19-24(2)3)47-39(55)32(46-26(5)52)20-27-13-8-7-9-14-27/h7-11,13-16,23-25,31-35,37,45H,6,12,17-22H2,1-5H3,(H2,44,53)(H,46,52)(H,47,55)(H,48,54)(H,49,57)(H,50,56)(H,59,60)/t25-,31-,32-,33-,34-,35-,37-/m0/s1. The maximum absolute atomic E-state index is 14.1. The number of likely N-dealkylation sites (tertiary alicyclic amines) is 1. The number of aromatic nitrogens is 1. The van der Waals surface area contributed by atoms with Crippen molar-refractivity contribution in [2.45, 2.75) is 116 Å². The fraction of sp³-hybridized carbons (Fsp3) is 0.488. The van der Waals surface area contributed by atoms with Gasteiger partial charge >= 0.3 is 5.97 Å². The average molecular weight is 831 g/mol. The van der Waals surface area contributed by atoms with E-state index in [1.807, 2.05) is 51.1 Å². The first-order valence-corrected chi connectivity index (χ1v) is 20.4. The summed E-state index contributed by atoms with van der Waals surface area (Å²) in [5.41, 5.74) is 7.81. The second kappa shape index (κ2) is 21.7. The summed E-state index contributed by atoms with van der Waals surface area (Å²) in [6.07, 6.45) is 2.41. The number of carboxylic acids is 1. The lowest BCUT2D eigenvalue weighted by atomic mass is 9.96. The maximum Gasteiger partial charge on any atom is 0.326 e. The molecule has 9 N–H and O–H groups in total. The predicted octanol–water partition coefficient (Wildman–Crippen LogP) is 1.44. The van der Waals surface area contributed by atoms with Crippen LogP contribution >= 0.6 is 0 Å². The average Bonchev–Trinajstić information content (AvgIpc) is 3.86. The highest BCUT2D eigenvalue weighted by atomic mass is 16.4. The molecule has 0 spiro atoms. The lowest BCUT2D eigenvalue weighted by Crippen LogP contribution is -2.60. The van der Waals surface area contributed by atoms with E-state index in [1.165, 1.54) is 11.8 Å². The van der Waals surface area contributed by atoms with Crippen LogP contribution in [0.15, 0.2) is 60.8 Å². The summed E-state index contributed by atoms with van der Waals surface area (Å²) in [4.78, 5) is 110. The molecule has 324 valence electrons. The van der Waals surface area contributed by atoms with Gasteiger partial charge in [-0.1, -0.05) is 82.6 Å². The van der Waals surface area contributed by atoms with Gasteiger partial charge in [0.05, 0.1) is 6.42 Å². The Morgan fingerprint density at radius 1 is 0.800 bits per heavy atom. The Morgan fingerprint density at radius 3 is 2.07 bits per heavy atom. The fourth-order valence-electron chi connectivity index (χ4n) is 7.39.